The van der Waals surface area contributed by atoms with Crippen molar-refractivity contribution in [3.63, 3.8) is 0 Å². The summed E-state index contributed by atoms with van der Waals surface area (Å²) in [4.78, 5) is 13.9. The molecule has 2 rings (SSSR count). The predicted octanol–water partition coefficient (Wildman–Crippen LogP) is 2.52. The Morgan fingerprint density at radius 2 is 1.96 bits per heavy atom. The summed E-state index contributed by atoms with van der Waals surface area (Å²) in [5, 5.41) is 13.4. The molecule has 1 heterocycles. The fourth-order valence-corrected chi connectivity index (χ4v) is 2.97. The van der Waals surface area contributed by atoms with Gasteiger partial charge in [0, 0.05) is 19.5 Å². The maximum atomic E-state index is 12.9. The van der Waals surface area contributed by atoms with Crippen molar-refractivity contribution >= 4 is 18.3 Å². The van der Waals surface area contributed by atoms with Crippen molar-refractivity contribution in [3.05, 3.63) is 35.6 Å². The largest absolute Gasteiger partial charge is 0.388 e. The molecule has 1 aliphatic rings. The second-order valence-corrected chi connectivity index (χ2v) is 5.92. The van der Waals surface area contributed by atoms with E-state index < -0.39 is 6.10 Å². The highest BCUT2D eigenvalue weighted by molar-refractivity contribution is 5.85. The lowest BCUT2D eigenvalue weighted by molar-refractivity contribution is -0.133. The van der Waals surface area contributed by atoms with Gasteiger partial charge in [-0.25, -0.2) is 4.39 Å². The van der Waals surface area contributed by atoms with Gasteiger partial charge in [0.05, 0.1) is 6.10 Å². The summed E-state index contributed by atoms with van der Waals surface area (Å²) < 4.78 is 12.9. The second kappa shape index (κ2) is 9.85. The molecule has 23 heavy (non-hydrogen) atoms. The molecule has 0 aromatic heterocycles. The van der Waals surface area contributed by atoms with Crippen molar-refractivity contribution in [1.82, 2.24) is 10.2 Å². The summed E-state index contributed by atoms with van der Waals surface area (Å²) in [6.45, 7) is 2.24. The van der Waals surface area contributed by atoms with Crippen LogP contribution in [0.15, 0.2) is 24.3 Å². The average molecular weight is 345 g/mol. The number of piperidine rings is 1. The Morgan fingerprint density at radius 3 is 2.52 bits per heavy atom. The van der Waals surface area contributed by atoms with Gasteiger partial charge < -0.3 is 15.3 Å². The Kier molecular flexibility index (Phi) is 8.52. The fraction of sp³-hybridized carbons (Fsp3) is 0.588. The summed E-state index contributed by atoms with van der Waals surface area (Å²) in [6.07, 6.45) is 2.42. The number of likely N-dealkylation sites (tertiary alicyclic amines) is 1. The molecule has 0 aliphatic carbocycles. The first-order valence-electron chi connectivity index (χ1n) is 7.97. The number of aliphatic hydroxyl groups is 1. The normalized spacial score (nSPS) is 16.7. The van der Waals surface area contributed by atoms with Gasteiger partial charge in [-0.3, -0.25) is 4.79 Å². The van der Waals surface area contributed by atoms with Crippen LogP contribution in [0.3, 0.4) is 0 Å². The van der Waals surface area contributed by atoms with Crippen LogP contribution < -0.4 is 5.32 Å². The van der Waals surface area contributed by atoms with Gasteiger partial charge in [0.1, 0.15) is 5.82 Å². The van der Waals surface area contributed by atoms with Gasteiger partial charge in [0.15, 0.2) is 0 Å². The van der Waals surface area contributed by atoms with Gasteiger partial charge in [-0.1, -0.05) is 12.1 Å². The Morgan fingerprint density at radius 1 is 1.35 bits per heavy atom. The number of carbonyl (C=O) groups is 1. The second-order valence-electron chi connectivity index (χ2n) is 5.92. The van der Waals surface area contributed by atoms with Crippen molar-refractivity contribution in [2.24, 2.45) is 5.92 Å². The van der Waals surface area contributed by atoms with Crippen LogP contribution in [0.2, 0.25) is 0 Å². The maximum Gasteiger partial charge on any atom is 0.222 e. The molecular formula is C17H26ClFN2O2. The van der Waals surface area contributed by atoms with Crippen LogP contribution in [0.25, 0.3) is 0 Å². The maximum absolute atomic E-state index is 12.9. The minimum Gasteiger partial charge on any atom is -0.388 e. The van der Waals surface area contributed by atoms with Crippen LogP contribution in [-0.4, -0.2) is 42.6 Å². The van der Waals surface area contributed by atoms with E-state index in [1.54, 1.807) is 12.1 Å². The molecule has 1 fully saturated rings. The van der Waals surface area contributed by atoms with E-state index in [4.69, 9.17) is 0 Å². The third-order valence-corrected chi connectivity index (χ3v) is 4.37. The number of carbonyl (C=O) groups excluding carboxylic acids is 1. The van der Waals surface area contributed by atoms with Crippen molar-refractivity contribution in [2.45, 2.75) is 31.8 Å². The lowest BCUT2D eigenvalue weighted by Crippen LogP contribution is -2.39. The molecule has 1 unspecified atom stereocenters. The summed E-state index contributed by atoms with van der Waals surface area (Å²) in [6, 6.07) is 6.02. The minimum atomic E-state index is -0.581. The van der Waals surface area contributed by atoms with Crippen LogP contribution in [0.1, 0.15) is 37.4 Å². The van der Waals surface area contributed by atoms with Crippen LogP contribution in [0, 0.1) is 11.7 Å². The van der Waals surface area contributed by atoms with Crippen LogP contribution in [0.4, 0.5) is 4.39 Å². The third-order valence-electron chi connectivity index (χ3n) is 4.37. The van der Waals surface area contributed by atoms with Gasteiger partial charge in [-0.05, 0) is 56.5 Å². The zero-order valence-corrected chi connectivity index (χ0v) is 14.3. The smallest absolute Gasteiger partial charge is 0.222 e. The molecule has 0 bridgehead atoms. The lowest BCUT2D eigenvalue weighted by Gasteiger charge is -2.34. The molecule has 0 radical (unpaired) electrons. The number of halogens is 2. The highest BCUT2D eigenvalue weighted by Gasteiger charge is 2.27. The number of amides is 1. The fourth-order valence-electron chi connectivity index (χ4n) is 2.97. The van der Waals surface area contributed by atoms with Crippen molar-refractivity contribution in [2.75, 3.05) is 26.7 Å². The minimum absolute atomic E-state index is 0. The Hall–Kier alpha value is -1.17. The van der Waals surface area contributed by atoms with Crippen LogP contribution >= 0.6 is 12.4 Å². The molecule has 1 atom stereocenters. The van der Waals surface area contributed by atoms with Crippen molar-refractivity contribution in [3.8, 4) is 0 Å². The molecule has 1 aromatic carbocycles. The first-order chi connectivity index (χ1) is 10.6. The topological polar surface area (TPSA) is 52.6 Å². The highest BCUT2D eigenvalue weighted by Crippen LogP contribution is 2.31. The molecule has 0 saturated carbocycles. The van der Waals surface area contributed by atoms with Gasteiger partial charge in [0.2, 0.25) is 5.91 Å². The molecular weight excluding hydrogens is 319 g/mol. The van der Waals surface area contributed by atoms with Crippen LogP contribution in [0.5, 0.6) is 0 Å². The Labute approximate surface area is 143 Å². The van der Waals surface area contributed by atoms with Gasteiger partial charge in [-0.2, -0.15) is 0 Å². The Bertz CT molecular complexity index is 476. The van der Waals surface area contributed by atoms with Gasteiger partial charge in [-0.15, -0.1) is 12.4 Å². The Balaban J connectivity index is 0.00000264. The van der Waals surface area contributed by atoms with Crippen molar-refractivity contribution < 1.29 is 14.3 Å². The molecule has 1 amide bonds. The third kappa shape index (κ3) is 5.75. The summed E-state index contributed by atoms with van der Waals surface area (Å²) >= 11 is 0. The molecule has 130 valence electrons. The number of nitrogens with one attached hydrogen (secondary N) is 1. The number of nitrogens with zero attached hydrogens (tertiary/aromatic N) is 1. The van der Waals surface area contributed by atoms with Gasteiger partial charge >= 0.3 is 0 Å². The predicted molar refractivity (Wildman–Crippen MR) is 91.1 cm³/mol. The van der Waals surface area contributed by atoms with Crippen LogP contribution in [-0.2, 0) is 4.79 Å². The molecule has 4 nitrogen and oxygen atoms in total. The number of rotatable bonds is 6. The highest BCUT2D eigenvalue weighted by atomic mass is 35.5. The zero-order valence-electron chi connectivity index (χ0n) is 13.5. The quantitative estimate of drug-likeness (QED) is 0.780. The number of aliphatic hydroxyl groups excluding tert-OH is 1. The monoisotopic (exact) mass is 344 g/mol. The molecule has 1 aromatic rings. The zero-order chi connectivity index (χ0) is 15.9. The summed E-state index contributed by atoms with van der Waals surface area (Å²) in [5.41, 5.74) is 0.750. The molecule has 1 aliphatic heterocycles. The van der Waals surface area contributed by atoms with E-state index in [9.17, 15) is 14.3 Å². The SMILES string of the molecule is CNCCCC(=O)N1CCC(C(O)c2ccc(F)cc2)CC1.Cl. The van der Waals surface area contributed by atoms with E-state index in [0.717, 1.165) is 31.4 Å². The lowest BCUT2D eigenvalue weighted by atomic mass is 9.87. The number of benzene rings is 1. The van der Waals surface area contributed by atoms with E-state index in [2.05, 4.69) is 5.32 Å². The first-order valence-corrected chi connectivity index (χ1v) is 7.97. The van der Waals surface area contributed by atoms with E-state index in [0.29, 0.717) is 19.5 Å². The summed E-state index contributed by atoms with van der Waals surface area (Å²) in [7, 11) is 1.88. The molecule has 1 saturated heterocycles. The summed E-state index contributed by atoms with van der Waals surface area (Å²) in [5.74, 6) is 0.0368. The molecule has 0 spiro atoms. The molecule has 2 N–H and O–H groups in total. The van der Waals surface area contributed by atoms with Gasteiger partial charge in [0.25, 0.3) is 0 Å². The first kappa shape index (κ1) is 19.9. The van der Waals surface area contributed by atoms with Crippen molar-refractivity contribution in [1.29, 1.82) is 0 Å². The number of hydrogen-bond acceptors (Lipinski definition) is 3. The molecule has 6 heteroatoms. The number of hydrogen-bond donors (Lipinski definition) is 2. The van der Waals surface area contributed by atoms with E-state index >= 15 is 0 Å². The van der Waals surface area contributed by atoms with E-state index in [1.807, 2.05) is 11.9 Å². The standard InChI is InChI=1S/C17H25FN2O2.ClH/c1-19-10-2-3-16(21)20-11-8-14(9-12-20)17(22)13-4-6-15(18)7-5-13;/h4-7,14,17,19,22H,2-3,8-12H2,1H3;1H. The average Bonchev–Trinajstić information content (AvgIpc) is 2.55. The van der Waals surface area contributed by atoms with E-state index in [1.165, 1.54) is 12.1 Å². The van der Waals surface area contributed by atoms with E-state index in [-0.39, 0.29) is 30.0 Å².